The minimum atomic E-state index is -0.494. The van der Waals surface area contributed by atoms with Crippen LogP contribution in [0.3, 0.4) is 0 Å². The first-order chi connectivity index (χ1) is 7.00. The molecule has 0 fully saturated rings. The summed E-state index contributed by atoms with van der Waals surface area (Å²) in [5, 5.41) is 2.84. The van der Waals surface area contributed by atoms with Crippen LogP contribution in [-0.4, -0.2) is 21.9 Å². The van der Waals surface area contributed by atoms with Gasteiger partial charge in [-0.3, -0.25) is 4.79 Å². The maximum Gasteiger partial charge on any atom is 0.240 e. The highest BCUT2D eigenvalue weighted by Crippen LogP contribution is 2.08. The highest BCUT2D eigenvalue weighted by molar-refractivity contribution is 5.82. The van der Waals surface area contributed by atoms with Crippen LogP contribution < -0.4 is 16.8 Å². The molecule has 15 heavy (non-hydrogen) atoms. The summed E-state index contributed by atoms with van der Waals surface area (Å²) in [6, 6.07) is 1.08. The minimum absolute atomic E-state index is 0.0625. The number of primary amides is 1. The third-order valence-electron chi connectivity index (χ3n) is 1.93. The van der Waals surface area contributed by atoms with Gasteiger partial charge in [-0.2, -0.15) is 4.98 Å². The van der Waals surface area contributed by atoms with E-state index in [4.69, 9.17) is 11.5 Å². The van der Waals surface area contributed by atoms with Gasteiger partial charge in [-0.15, -0.1) is 0 Å². The van der Waals surface area contributed by atoms with Gasteiger partial charge in [-0.05, 0) is 12.0 Å². The van der Waals surface area contributed by atoms with Crippen molar-refractivity contribution in [1.29, 1.82) is 0 Å². The first-order valence-electron chi connectivity index (χ1n) is 4.65. The molecule has 0 aliphatic heterocycles. The van der Waals surface area contributed by atoms with Crippen LogP contribution in [0.15, 0.2) is 12.3 Å². The Labute approximate surface area is 88.1 Å². The molecule has 1 unspecified atom stereocenters. The van der Waals surface area contributed by atoms with Crippen LogP contribution >= 0.6 is 0 Å². The zero-order chi connectivity index (χ0) is 11.4. The topological polar surface area (TPSA) is 107 Å². The van der Waals surface area contributed by atoms with Crippen LogP contribution in [0.4, 0.5) is 11.8 Å². The lowest BCUT2D eigenvalue weighted by Gasteiger charge is -2.18. The molecule has 6 heteroatoms. The molecular weight excluding hydrogens is 194 g/mol. The molecule has 5 N–H and O–H groups in total. The summed E-state index contributed by atoms with van der Waals surface area (Å²) >= 11 is 0. The molecule has 0 radical (unpaired) electrons. The Morgan fingerprint density at radius 1 is 1.53 bits per heavy atom. The zero-order valence-corrected chi connectivity index (χ0v) is 8.77. The number of hydrogen-bond donors (Lipinski definition) is 3. The van der Waals surface area contributed by atoms with E-state index in [1.54, 1.807) is 6.07 Å². The van der Waals surface area contributed by atoms with Gasteiger partial charge in [0.15, 0.2) is 0 Å². The molecule has 1 rings (SSSR count). The van der Waals surface area contributed by atoms with E-state index in [2.05, 4.69) is 15.3 Å². The van der Waals surface area contributed by atoms with Crippen LogP contribution in [0.5, 0.6) is 0 Å². The summed E-state index contributed by atoms with van der Waals surface area (Å²) in [5.41, 5.74) is 10.7. The normalized spacial score (nSPS) is 12.5. The Bertz CT molecular complexity index is 352. The van der Waals surface area contributed by atoms with Gasteiger partial charge in [-0.1, -0.05) is 13.8 Å². The van der Waals surface area contributed by atoms with E-state index in [0.29, 0.717) is 11.8 Å². The first-order valence-corrected chi connectivity index (χ1v) is 4.65. The van der Waals surface area contributed by atoms with Crippen molar-refractivity contribution >= 4 is 17.7 Å². The van der Waals surface area contributed by atoms with Gasteiger partial charge in [0.05, 0.1) is 0 Å². The van der Waals surface area contributed by atoms with E-state index in [0.717, 1.165) is 0 Å². The van der Waals surface area contributed by atoms with Gasteiger partial charge in [0.2, 0.25) is 11.9 Å². The molecule has 6 nitrogen and oxygen atoms in total. The van der Waals surface area contributed by atoms with Gasteiger partial charge < -0.3 is 16.8 Å². The number of nitrogen functional groups attached to an aromatic ring is 1. The van der Waals surface area contributed by atoms with E-state index in [-0.39, 0.29) is 5.92 Å². The highest BCUT2D eigenvalue weighted by atomic mass is 16.1. The van der Waals surface area contributed by atoms with Crippen molar-refractivity contribution in [3.63, 3.8) is 0 Å². The number of aromatic nitrogens is 2. The average molecular weight is 209 g/mol. The number of nitrogens with two attached hydrogens (primary N) is 2. The van der Waals surface area contributed by atoms with Crippen LogP contribution in [0.25, 0.3) is 0 Å². The van der Waals surface area contributed by atoms with Crippen molar-refractivity contribution in [2.24, 2.45) is 11.7 Å². The zero-order valence-electron chi connectivity index (χ0n) is 8.77. The first kappa shape index (κ1) is 11.2. The van der Waals surface area contributed by atoms with Crippen LogP contribution in [0.1, 0.15) is 13.8 Å². The van der Waals surface area contributed by atoms with Crippen LogP contribution in [-0.2, 0) is 4.79 Å². The summed E-state index contributed by atoms with van der Waals surface area (Å²) in [5.74, 6) is 0.288. The second-order valence-corrected chi connectivity index (χ2v) is 3.57. The second kappa shape index (κ2) is 4.59. The summed E-state index contributed by atoms with van der Waals surface area (Å²) in [6.45, 7) is 3.77. The van der Waals surface area contributed by atoms with Gasteiger partial charge in [0.25, 0.3) is 0 Å². The standard InChI is InChI=1S/C9H15N5O/c1-5(2)7(8(11)15)14-9-12-4-3-6(10)13-9/h3-5,7H,1-2H3,(H2,11,15)(H3,10,12,13,14). The highest BCUT2D eigenvalue weighted by Gasteiger charge is 2.19. The Morgan fingerprint density at radius 2 is 2.20 bits per heavy atom. The van der Waals surface area contributed by atoms with E-state index in [1.165, 1.54) is 6.20 Å². The molecule has 1 heterocycles. The summed E-state index contributed by atoms with van der Waals surface area (Å²) < 4.78 is 0. The van der Waals surface area contributed by atoms with Crippen molar-refractivity contribution < 1.29 is 4.79 Å². The molecule has 1 aromatic heterocycles. The van der Waals surface area contributed by atoms with E-state index >= 15 is 0 Å². The molecule has 0 bridgehead atoms. The number of hydrogen-bond acceptors (Lipinski definition) is 5. The quantitative estimate of drug-likeness (QED) is 0.646. The lowest BCUT2D eigenvalue weighted by Crippen LogP contribution is -2.40. The monoisotopic (exact) mass is 209 g/mol. The number of carbonyl (C=O) groups excluding carboxylic acids is 1. The molecule has 0 saturated heterocycles. The van der Waals surface area contributed by atoms with Gasteiger partial charge in [0, 0.05) is 6.20 Å². The van der Waals surface area contributed by atoms with E-state index in [9.17, 15) is 4.79 Å². The number of anilines is 2. The predicted octanol–water partition coefficient (Wildman–Crippen LogP) is -0.0194. The lowest BCUT2D eigenvalue weighted by molar-refractivity contribution is -0.119. The number of carbonyl (C=O) groups is 1. The molecule has 1 atom stereocenters. The average Bonchev–Trinajstić information content (AvgIpc) is 2.13. The second-order valence-electron chi connectivity index (χ2n) is 3.57. The molecule has 1 aromatic rings. The van der Waals surface area contributed by atoms with Crippen molar-refractivity contribution in [2.75, 3.05) is 11.1 Å². The van der Waals surface area contributed by atoms with Crippen molar-refractivity contribution in [1.82, 2.24) is 9.97 Å². The maximum atomic E-state index is 11.1. The largest absolute Gasteiger partial charge is 0.384 e. The van der Waals surface area contributed by atoms with Gasteiger partial charge in [0.1, 0.15) is 11.9 Å². The number of amides is 1. The van der Waals surface area contributed by atoms with Crippen LogP contribution in [0, 0.1) is 5.92 Å². The Morgan fingerprint density at radius 3 is 2.67 bits per heavy atom. The number of nitrogens with zero attached hydrogens (tertiary/aromatic N) is 2. The smallest absolute Gasteiger partial charge is 0.240 e. The third-order valence-corrected chi connectivity index (χ3v) is 1.93. The van der Waals surface area contributed by atoms with E-state index in [1.807, 2.05) is 13.8 Å². The van der Waals surface area contributed by atoms with Crippen LogP contribution in [0.2, 0.25) is 0 Å². The molecular formula is C9H15N5O. The summed E-state index contributed by atoms with van der Waals surface area (Å²) in [4.78, 5) is 19.0. The fourth-order valence-electron chi connectivity index (χ4n) is 1.15. The fraction of sp³-hybridized carbons (Fsp3) is 0.444. The molecule has 1 amide bonds. The Balaban J connectivity index is 2.79. The molecule has 82 valence electrons. The lowest BCUT2D eigenvalue weighted by atomic mass is 10.0. The SMILES string of the molecule is CC(C)C(Nc1nccc(N)n1)C(N)=O. The molecule has 0 aliphatic carbocycles. The molecule has 0 spiro atoms. The van der Waals surface area contributed by atoms with Crippen molar-refractivity contribution in [3.8, 4) is 0 Å². The summed E-state index contributed by atoms with van der Waals surface area (Å²) in [7, 11) is 0. The number of rotatable bonds is 4. The maximum absolute atomic E-state index is 11.1. The molecule has 0 saturated carbocycles. The minimum Gasteiger partial charge on any atom is -0.384 e. The number of nitrogens with one attached hydrogen (secondary N) is 1. The molecule has 0 aliphatic rings. The van der Waals surface area contributed by atoms with E-state index < -0.39 is 11.9 Å². The Hall–Kier alpha value is -1.85. The summed E-state index contributed by atoms with van der Waals surface area (Å²) in [6.07, 6.45) is 1.52. The molecule has 0 aromatic carbocycles. The van der Waals surface area contributed by atoms with Crippen molar-refractivity contribution in [2.45, 2.75) is 19.9 Å². The van der Waals surface area contributed by atoms with Gasteiger partial charge in [-0.25, -0.2) is 4.98 Å². The predicted molar refractivity (Wildman–Crippen MR) is 57.9 cm³/mol. The Kier molecular flexibility index (Phi) is 3.43. The third kappa shape index (κ3) is 3.08. The van der Waals surface area contributed by atoms with Crippen molar-refractivity contribution in [3.05, 3.63) is 12.3 Å². The van der Waals surface area contributed by atoms with Gasteiger partial charge >= 0.3 is 0 Å². The fourth-order valence-corrected chi connectivity index (χ4v) is 1.15.